The van der Waals surface area contributed by atoms with Crippen molar-refractivity contribution in [3.8, 4) is 0 Å². The van der Waals surface area contributed by atoms with Crippen molar-refractivity contribution < 1.29 is 14.3 Å². The molecule has 0 aliphatic carbocycles. The Balaban J connectivity index is 2.53. The molecule has 88 valence electrons. The summed E-state index contributed by atoms with van der Waals surface area (Å²) in [6.45, 7) is 0. The number of carboxylic acid groups (broad SMARTS) is 1. The molecule has 16 heavy (non-hydrogen) atoms. The van der Waals surface area contributed by atoms with Gasteiger partial charge in [-0.2, -0.15) is 0 Å². The van der Waals surface area contributed by atoms with Crippen LogP contribution in [0.2, 0.25) is 0 Å². The maximum absolute atomic E-state index is 12.7. The second-order valence-corrected chi connectivity index (χ2v) is 3.68. The highest BCUT2D eigenvalue weighted by atomic mass is 19.1. The van der Waals surface area contributed by atoms with E-state index < -0.39 is 5.97 Å². The van der Waals surface area contributed by atoms with Crippen LogP contribution < -0.4 is 5.32 Å². The topological polar surface area (TPSA) is 49.3 Å². The summed E-state index contributed by atoms with van der Waals surface area (Å²) in [6, 6.07) is 6.35. The Kier molecular flexibility index (Phi) is 4.92. The lowest BCUT2D eigenvalue weighted by molar-refractivity contribution is -0.137. The van der Waals surface area contributed by atoms with Crippen LogP contribution in [0, 0.1) is 5.82 Å². The molecule has 2 N–H and O–H groups in total. The van der Waals surface area contributed by atoms with Gasteiger partial charge in [-0.05, 0) is 37.6 Å². The Morgan fingerprint density at radius 1 is 1.44 bits per heavy atom. The molecule has 0 spiro atoms. The van der Waals surface area contributed by atoms with E-state index in [1.165, 1.54) is 12.1 Å². The van der Waals surface area contributed by atoms with Crippen molar-refractivity contribution in [3.05, 3.63) is 35.6 Å². The van der Waals surface area contributed by atoms with Crippen molar-refractivity contribution in [1.82, 2.24) is 5.32 Å². The highest BCUT2D eigenvalue weighted by Crippen LogP contribution is 2.19. The van der Waals surface area contributed by atoms with E-state index in [9.17, 15) is 9.18 Å². The minimum Gasteiger partial charge on any atom is -0.481 e. The zero-order chi connectivity index (χ0) is 12.0. The van der Waals surface area contributed by atoms with Crippen molar-refractivity contribution >= 4 is 5.97 Å². The quantitative estimate of drug-likeness (QED) is 0.781. The van der Waals surface area contributed by atoms with Crippen LogP contribution >= 0.6 is 0 Å². The number of rotatable bonds is 6. The molecule has 0 aliphatic heterocycles. The molecule has 0 amide bonds. The van der Waals surface area contributed by atoms with Gasteiger partial charge in [-0.25, -0.2) is 4.39 Å². The van der Waals surface area contributed by atoms with Gasteiger partial charge in [0, 0.05) is 12.5 Å². The first kappa shape index (κ1) is 12.6. The van der Waals surface area contributed by atoms with Gasteiger partial charge in [-0.3, -0.25) is 4.79 Å². The van der Waals surface area contributed by atoms with Gasteiger partial charge in [0.15, 0.2) is 0 Å². The molecule has 0 saturated carbocycles. The predicted molar refractivity (Wildman–Crippen MR) is 59.7 cm³/mol. The molecule has 0 saturated heterocycles. The number of halogens is 1. The van der Waals surface area contributed by atoms with Crippen molar-refractivity contribution in [2.45, 2.75) is 25.3 Å². The summed E-state index contributed by atoms with van der Waals surface area (Å²) in [4.78, 5) is 10.4. The van der Waals surface area contributed by atoms with Gasteiger partial charge < -0.3 is 10.4 Å². The lowest BCUT2D eigenvalue weighted by Gasteiger charge is -2.15. The molecule has 1 aromatic carbocycles. The molecule has 3 nitrogen and oxygen atoms in total. The van der Waals surface area contributed by atoms with E-state index >= 15 is 0 Å². The van der Waals surface area contributed by atoms with Crippen LogP contribution in [0.15, 0.2) is 24.3 Å². The van der Waals surface area contributed by atoms with Gasteiger partial charge in [-0.1, -0.05) is 12.1 Å². The number of aliphatic carboxylic acids is 1. The van der Waals surface area contributed by atoms with E-state index in [-0.39, 0.29) is 18.3 Å². The van der Waals surface area contributed by atoms with Gasteiger partial charge in [0.1, 0.15) is 5.82 Å². The second kappa shape index (κ2) is 6.23. The maximum Gasteiger partial charge on any atom is 0.303 e. The molecule has 0 heterocycles. The molecule has 1 unspecified atom stereocenters. The number of nitrogens with one attached hydrogen (secondary N) is 1. The number of benzene rings is 1. The van der Waals surface area contributed by atoms with E-state index in [1.807, 2.05) is 7.05 Å². The van der Waals surface area contributed by atoms with Gasteiger partial charge in [-0.15, -0.1) is 0 Å². The zero-order valence-corrected chi connectivity index (χ0v) is 9.24. The first-order valence-corrected chi connectivity index (χ1v) is 5.28. The van der Waals surface area contributed by atoms with Crippen molar-refractivity contribution in [2.24, 2.45) is 0 Å². The van der Waals surface area contributed by atoms with E-state index in [0.29, 0.717) is 6.42 Å². The molecule has 1 aromatic rings. The molecule has 0 fully saturated rings. The Morgan fingerprint density at radius 2 is 2.06 bits per heavy atom. The SMILES string of the molecule is CNC(CCCC(=O)O)c1ccc(F)cc1. The first-order valence-electron chi connectivity index (χ1n) is 5.28. The van der Waals surface area contributed by atoms with Crippen LogP contribution in [0.5, 0.6) is 0 Å². The van der Waals surface area contributed by atoms with Crippen LogP contribution in [-0.4, -0.2) is 18.1 Å². The van der Waals surface area contributed by atoms with Crippen LogP contribution in [-0.2, 0) is 4.79 Å². The standard InChI is InChI=1S/C12H16FNO2/c1-14-11(3-2-4-12(15)16)9-5-7-10(13)8-6-9/h5-8,11,14H,2-4H2,1H3,(H,15,16). The predicted octanol–water partition coefficient (Wildman–Crippen LogP) is 2.34. The van der Waals surface area contributed by atoms with Gasteiger partial charge in [0.2, 0.25) is 0 Å². The lowest BCUT2D eigenvalue weighted by Crippen LogP contribution is -2.16. The maximum atomic E-state index is 12.7. The van der Waals surface area contributed by atoms with Gasteiger partial charge >= 0.3 is 5.97 Å². The molecule has 1 rings (SSSR count). The van der Waals surface area contributed by atoms with E-state index in [1.54, 1.807) is 12.1 Å². The van der Waals surface area contributed by atoms with Crippen LogP contribution in [0.4, 0.5) is 4.39 Å². The third kappa shape index (κ3) is 3.98. The monoisotopic (exact) mass is 225 g/mol. The number of carbonyl (C=O) groups is 1. The fourth-order valence-corrected chi connectivity index (χ4v) is 1.63. The second-order valence-electron chi connectivity index (χ2n) is 3.68. The molecule has 1 atom stereocenters. The molecule has 0 bridgehead atoms. The normalized spacial score (nSPS) is 12.4. The molecule has 4 heteroatoms. The average molecular weight is 225 g/mol. The third-order valence-corrected chi connectivity index (χ3v) is 2.50. The fourth-order valence-electron chi connectivity index (χ4n) is 1.63. The molecular weight excluding hydrogens is 209 g/mol. The van der Waals surface area contributed by atoms with E-state index in [4.69, 9.17) is 5.11 Å². The average Bonchev–Trinajstić information content (AvgIpc) is 2.26. The fraction of sp³-hybridized carbons (Fsp3) is 0.417. The summed E-state index contributed by atoms with van der Waals surface area (Å²) >= 11 is 0. The summed E-state index contributed by atoms with van der Waals surface area (Å²) in [5.74, 6) is -1.04. The van der Waals surface area contributed by atoms with Gasteiger partial charge in [0.25, 0.3) is 0 Å². The minimum absolute atomic E-state index is 0.0833. The molecule has 0 radical (unpaired) electrons. The molecule has 0 aliphatic rings. The smallest absolute Gasteiger partial charge is 0.303 e. The number of hydrogen-bond donors (Lipinski definition) is 2. The Hall–Kier alpha value is -1.42. The Bertz CT molecular complexity index is 337. The van der Waals surface area contributed by atoms with Crippen molar-refractivity contribution in [1.29, 1.82) is 0 Å². The molecule has 0 aromatic heterocycles. The zero-order valence-electron chi connectivity index (χ0n) is 9.24. The summed E-state index contributed by atoms with van der Waals surface area (Å²) in [7, 11) is 1.81. The van der Waals surface area contributed by atoms with Gasteiger partial charge in [0.05, 0.1) is 0 Å². The van der Waals surface area contributed by atoms with Crippen LogP contribution in [0.3, 0.4) is 0 Å². The minimum atomic E-state index is -0.783. The first-order chi connectivity index (χ1) is 7.63. The summed E-state index contributed by atoms with van der Waals surface area (Å²) < 4.78 is 12.7. The Morgan fingerprint density at radius 3 is 2.56 bits per heavy atom. The summed E-state index contributed by atoms with van der Waals surface area (Å²) in [5, 5.41) is 11.6. The lowest BCUT2D eigenvalue weighted by atomic mass is 10.0. The van der Waals surface area contributed by atoms with Crippen molar-refractivity contribution in [2.75, 3.05) is 7.05 Å². The number of hydrogen-bond acceptors (Lipinski definition) is 2. The van der Waals surface area contributed by atoms with Crippen molar-refractivity contribution in [3.63, 3.8) is 0 Å². The Labute approximate surface area is 94.3 Å². The third-order valence-electron chi connectivity index (χ3n) is 2.50. The highest BCUT2D eigenvalue weighted by Gasteiger charge is 2.09. The summed E-state index contributed by atoms with van der Waals surface area (Å²) in [5.41, 5.74) is 0.981. The molecular formula is C12H16FNO2. The van der Waals surface area contributed by atoms with Crippen LogP contribution in [0.1, 0.15) is 30.9 Å². The largest absolute Gasteiger partial charge is 0.481 e. The van der Waals surface area contributed by atoms with E-state index in [0.717, 1.165) is 12.0 Å². The van der Waals surface area contributed by atoms with Crippen LogP contribution in [0.25, 0.3) is 0 Å². The van der Waals surface area contributed by atoms with E-state index in [2.05, 4.69) is 5.32 Å². The highest BCUT2D eigenvalue weighted by molar-refractivity contribution is 5.66. The number of carboxylic acids is 1. The summed E-state index contributed by atoms with van der Waals surface area (Å²) in [6.07, 6.45) is 1.51.